The second kappa shape index (κ2) is 13.1. The molecule has 0 spiro atoms. The number of amides is 1. The Morgan fingerprint density at radius 3 is 1.83 bits per heavy atom. The molecule has 0 radical (unpaired) electrons. The molecule has 0 saturated heterocycles. The van der Waals surface area contributed by atoms with Gasteiger partial charge in [-0.3, -0.25) is 9.59 Å². The first kappa shape index (κ1) is 30.9. The van der Waals surface area contributed by atoms with Crippen LogP contribution in [0.25, 0.3) is 52.4 Å². The van der Waals surface area contributed by atoms with Gasteiger partial charge >= 0.3 is 5.97 Å². The van der Waals surface area contributed by atoms with Crippen LogP contribution in [0.2, 0.25) is 0 Å². The second-order valence-electron chi connectivity index (χ2n) is 10.3. The fourth-order valence-corrected chi connectivity index (χ4v) is 4.48. The highest BCUT2D eigenvalue weighted by atomic mass is 16.5. The Hall–Kier alpha value is -6.06. The van der Waals surface area contributed by atoms with Gasteiger partial charge in [0.2, 0.25) is 35.3 Å². The summed E-state index contributed by atoms with van der Waals surface area (Å²) < 4.78 is 38.6. The van der Waals surface area contributed by atoms with Crippen LogP contribution in [0, 0.1) is 5.92 Å². The number of esters is 1. The molecule has 1 N–H and O–H groups in total. The summed E-state index contributed by atoms with van der Waals surface area (Å²) in [4.78, 5) is 51.9. The van der Waals surface area contributed by atoms with E-state index in [1.165, 1.54) is 44.7 Å². The van der Waals surface area contributed by atoms with Crippen LogP contribution in [-0.4, -0.2) is 48.9 Å². The SMILES string of the molecule is CC.COC(=O)CC1/C=C/c2coc(n2)-c2coc(n2)-c2coc(n2)C(C(C)C)NC(=O)c2coc(n2)-c2coc(n2)-c2coc1n2. The van der Waals surface area contributed by atoms with Gasteiger partial charge in [-0.15, -0.1) is 0 Å². The molecule has 6 aromatic heterocycles. The zero-order valence-electron chi connectivity index (χ0n) is 25.9. The molecule has 2 atom stereocenters. The molecule has 47 heavy (non-hydrogen) atoms. The molecule has 1 aliphatic heterocycles. The first-order chi connectivity index (χ1) is 22.8. The Morgan fingerprint density at radius 2 is 1.21 bits per heavy atom. The summed E-state index contributed by atoms with van der Waals surface area (Å²) in [5, 5.41) is 2.88. The third kappa shape index (κ3) is 6.38. The zero-order chi connectivity index (χ0) is 33.1. The van der Waals surface area contributed by atoms with Crippen LogP contribution >= 0.6 is 0 Å². The number of carbonyl (C=O) groups excluding carboxylic acids is 2. The van der Waals surface area contributed by atoms with E-state index < -0.39 is 23.8 Å². The lowest BCUT2D eigenvalue weighted by molar-refractivity contribution is -0.140. The quantitative estimate of drug-likeness (QED) is 0.215. The van der Waals surface area contributed by atoms with E-state index in [4.69, 9.17) is 31.2 Å². The van der Waals surface area contributed by atoms with Crippen molar-refractivity contribution in [3.63, 3.8) is 0 Å². The first-order valence-electron chi connectivity index (χ1n) is 14.6. The van der Waals surface area contributed by atoms with Crippen LogP contribution in [-0.2, 0) is 9.53 Å². The van der Waals surface area contributed by atoms with E-state index >= 15 is 0 Å². The number of oxazole rings is 6. The minimum absolute atomic E-state index is 0.00487. The molecule has 12 bridgehead atoms. The van der Waals surface area contributed by atoms with Crippen molar-refractivity contribution in [1.82, 2.24) is 35.2 Å². The van der Waals surface area contributed by atoms with Gasteiger partial charge in [0.1, 0.15) is 49.3 Å². The third-order valence-electron chi connectivity index (χ3n) is 6.84. The molecule has 0 saturated carbocycles. The average molecular weight is 644 g/mol. The molecule has 0 aliphatic carbocycles. The molecule has 7 heterocycles. The summed E-state index contributed by atoms with van der Waals surface area (Å²) in [6.07, 6.45) is 11.3. The molecular formula is C31H29N7O9. The van der Waals surface area contributed by atoms with Gasteiger partial charge in [-0.25, -0.2) is 29.9 Å². The van der Waals surface area contributed by atoms with Crippen molar-refractivity contribution in [3.8, 4) is 46.3 Å². The molecule has 242 valence electrons. The number of rotatable bonds is 3. The van der Waals surface area contributed by atoms with E-state index in [-0.39, 0.29) is 64.8 Å². The summed E-state index contributed by atoms with van der Waals surface area (Å²) in [6.45, 7) is 7.80. The highest BCUT2D eigenvalue weighted by Crippen LogP contribution is 2.31. The van der Waals surface area contributed by atoms with Crippen molar-refractivity contribution >= 4 is 18.0 Å². The Morgan fingerprint density at radius 1 is 0.723 bits per heavy atom. The molecule has 2 unspecified atom stereocenters. The normalized spacial score (nSPS) is 16.5. The number of aromatic nitrogens is 6. The molecule has 16 heteroatoms. The molecule has 6 aromatic rings. The zero-order valence-corrected chi connectivity index (χ0v) is 25.9. The third-order valence-corrected chi connectivity index (χ3v) is 6.84. The number of hydrogen-bond donors (Lipinski definition) is 1. The molecule has 7 rings (SSSR count). The first-order valence-corrected chi connectivity index (χ1v) is 14.6. The summed E-state index contributed by atoms with van der Waals surface area (Å²) in [7, 11) is 1.29. The minimum Gasteiger partial charge on any atom is -0.469 e. The fraction of sp³-hybridized carbons (Fsp3) is 0.290. The predicted molar refractivity (Wildman–Crippen MR) is 160 cm³/mol. The lowest BCUT2D eigenvalue weighted by Crippen LogP contribution is -2.32. The van der Waals surface area contributed by atoms with Gasteiger partial charge in [-0.05, 0) is 12.0 Å². The number of fused-ring (bicyclic) bond motifs is 16. The van der Waals surface area contributed by atoms with Crippen LogP contribution in [0.15, 0.2) is 70.2 Å². The number of ether oxygens (including phenoxy) is 1. The lowest BCUT2D eigenvalue weighted by atomic mass is 10.0. The van der Waals surface area contributed by atoms with E-state index in [1.807, 2.05) is 27.7 Å². The Kier molecular flexibility index (Phi) is 8.64. The predicted octanol–water partition coefficient (Wildman–Crippen LogP) is 6.11. The van der Waals surface area contributed by atoms with E-state index in [9.17, 15) is 9.59 Å². The van der Waals surface area contributed by atoms with E-state index in [0.29, 0.717) is 17.1 Å². The van der Waals surface area contributed by atoms with Gasteiger partial charge in [0.05, 0.1) is 19.4 Å². The smallest absolute Gasteiger partial charge is 0.306 e. The Bertz CT molecular complexity index is 2020. The Balaban J connectivity index is 0.00000190. The van der Waals surface area contributed by atoms with Crippen LogP contribution in [0.1, 0.15) is 74.0 Å². The van der Waals surface area contributed by atoms with Crippen molar-refractivity contribution in [2.75, 3.05) is 7.11 Å². The van der Waals surface area contributed by atoms with E-state index in [1.54, 1.807) is 12.2 Å². The van der Waals surface area contributed by atoms with Gasteiger partial charge < -0.3 is 36.6 Å². The number of methoxy groups -OCH3 is 1. The van der Waals surface area contributed by atoms with Crippen LogP contribution < -0.4 is 5.32 Å². The van der Waals surface area contributed by atoms with Crippen molar-refractivity contribution in [1.29, 1.82) is 0 Å². The van der Waals surface area contributed by atoms with Crippen molar-refractivity contribution in [2.24, 2.45) is 5.92 Å². The molecular weight excluding hydrogens is 614 g/mol. The average Bonchev–Trinajstić information content (AvgIpc) is 3.92. The van der Waals surface area contributed by atoms with Gasteiger partial charge in [-0.1, -0.05) is 33.8 Å². The summed E-state index contributed by atoms with van der Waals surface area (Å²) >= 11 is 0. The van der Waals surface area contributed by atoms with Gasteiger partial charge in [0.25, 0.3) is 5.91 Å². The maximum atomic E-state index is 13.2. The summed E-state index contributed by atoms with van der Waals surface area (Å²) in [6, 6.07) is -0.615. The van der Waals surface area contributed by atoms with E-state index in [2.05, 4.69) is 35.2 Å². The molecule has 16 nitrogen and oxygen atoms in total. The summed E-state index contributed by atoms with van der Waals surface area (Å²) in [5.41, 5.74) is 1.54. The maximum Gasteiger partial charge on any atom is 0.306 e. The van der Waals surface area contributed by atoms with Crippen molar-refractivity contribution in [3.05, 3.63) is 66.8 Å². The molecule has 0 fully saturated rings. The fourth-order valence-electron chi connectivity index (χ4n) is 4.48. The maximum absolute atomic E-state index is 13.2. The van der Waals surface area contributed by atoms with E-state index in [0.717, 1.165) is 0 Å². The summed E-state index contributed by atoms with van der Waals surface area (Å²) in [5.74, 6) is -0.808. The highest BCUT2D eigenvalue weighted by molar-refractivity contribution is 5.92. The van der Waals surface area contributed by atoms with Crippen molar-refractivity contribution in [2.45, 2.75) is 46.1 Å². The Labute approximate surface area is 266 Å². The number of nitrogens with one attached hydrogen (secondary N) is 1. The molecule has 1 amide bonds. The largest absolute Gasteiger partial charge is 0.469 e. The van der Waals surface area contributed by atoms with Crippen LogP contribution in [0.5, 0.6) is 0 Å². The van der Waals surface area contributed by atoms with Crippen LogP contribution in [0.3, 0.4) is 0 Å². The molecule has 0 aromatic carbocycles. The number of carbonyl (C=O) groups is 2. The second-order valence-corrected chi connectivity index (χ2v) is 10.3. The van der Waals surface area contributed by atoms with Gasteiger partial charge in [0.15, 0.2) is 28.5 Å². The van der Waals surface area contributed by atoms with Crippen molar-refractivity contribution < 1.29 is 40.8 Å². The number of allylic oxidation sites excluding steroid dienone is 1. The minimum atomic E-state index is -0.631. The van der Waals surface area contributed by atoms with Crippen LogP contribution in [0.4, 0.5) is 0 Å². The number of hydrogen-bond acceptors (Lipinski definition) is 15. The topological polar surface area (TPSA) is 212 Å². The highest BCUT2D eigenvalue weighted by Gasteiger charge is 2.28. The van der Waals surface area contributed by atoms with Gasteiger partial charge in [0, 0.05) is 0 Å². The number of nitrogens with zero attached hydrogens (tertiary/aromatic N) is 6. The van der Waals surface area contributed by atoms with Gasteiger partial charge in [-0.2, -0.15) is 0 Å². The monoisotopic (exact) mass is 643 g/mol. The molecule has 1 aliphatic rings. The lowest BCUT2D eigenvalue weighted by Gasteiger charge is -2.18. The standard InChI is InChI=1S/C29H23N7O9.C2H6/c1-13(2)22-29-35-20(12-45-29)28-33-17(10-43-28)25-30-15(7-40-25)5-4-14(6-21(37)39-3)24-32-18(9-41-24)27-34-19(11-44-27)26-31-16(8-42-26)23(38)36-22;1-2/h4-5,7-14,22H,6H2,1-3H3,(H,36,38);1-2H3/b5-4+;.